The van der Waals surface area contributed by atoms with Crippen LogP contribution >= 0.6 is 0 Å². The van der Waals surface area contributed by atoms with Crippen molar-refractivity contribution in [2.24, 2.45) is 0 Å². The molecule has 1 saturated heterocycles. The fourth-order valence-corrected chi connectivity index (χ4v) is 2.11. The zero-order chi connectivity index (χ0) is 13.8. The largest absolute Gasteiger partial charge is 0.481 e. The summed E-state index contributed by atoms with van der Waals surface area (Å²) >= 11 is 0. The molecule has 1 fully saturated rings. The lowest BCUT2D eigenvalue weighted by atomic mass is 10.0. The van der Waals surface area contributed by atoms with Gasteiger partial charge in [0.25, 0.3) is 0 Å². The molecular formula is C13H14FNO4. The van der Waals surface area contributed by atoms with Gasteiger partial charge in [-0.2, -0.15) is 0 Å². The maximum atomic E-state index is 12.9. The first kappa shape index (κ1) is 13.3. The third kappa shape index (κ3) is 3.21. The Bertz CT molecular complexity index is 474. The number of halogens is 1. The molecule has 1 aliphatic heterocycles. The highest BCUT2D eigenvalue weighted by atomic mass is 19.1. The predicted molar refractivity (Wildman–Crippen MR) is 65.5 cm³/mol. The topological polar surface area (TPSA) is 66.8 Å². The first-order valence-electron chi connectivity index (χ1n) is 6.01. The SMILES string of the molecule is O=C(O)CCC1CCOC(=O)N1c1ccc(F)cc1. The Morgan fingerprint density at radius 1 is 1.42 bits per heavy atom. The second kappa shape index (κ2) is 5.69. The maximum absolute atomic E-state index is 12.9. The molecule has 1 aromatic rings. The Balaban J connectivity index is 2.18. The van der Waals surface area contributed by atoms with Crippen LogP contribution in [0.15, 0.2) is 24.3 Å². The van der Waals surface area contributed by atoms with Crippen molar-refractivity contribution in [2.75, 3.05) is 11.5 Å². The number of carboxylic acid groups (broad SMARTS) is 1. The van der Waals surface area contributed by atoms with E-state index >= 15 is 0 Å². The van der Waals surface area contributed by atoms with Crippen molar-refractivity contribution in [2.45, 2.75) is 25.3 Å². The van der Waals surface area contributed by atoms with Crippen molar-refractivity contribution in [3.63, 3.8) is 0 Å². The molecule has 0 aliphatic carbocycles. The number of rotatable bonds is 4. The molecular weight excluding hydrogens is 253 g/mol. The molecule has 102 valence electrons. The predicted octanol–water partition coefficient (Wildman–Crippen LogP) is 2.41. The number of anilines is 1. The Morgan fingerprint density at radius 3 is 2.74 bits per heavy atom. The highest BCUT2D eigenvalue weighted by molar-refractivity contribution is 5.89. The second-order valence-corrected chi connectivity index (χ2v) is 4.34. The van der Waals surface area contributed by atoms with E-state index in [1.165, 1.54) is 29.2 Å². The summed E-state index contributed by atoms with van der Waals surface area (Å²) in [4.78, 5) is 23.8. The summed E-state index contributed by atoms with van der Waals surface area (Å²) in [6.07, 6.45) is 0.377. The summed E-state index contributed by atoms with van der Waals surface area (Å²) in [6.45, 7) is 0.279. The van der Waals surface area contributed by atoms with Gasteiger partial charge in [0.2, 0.25) is 0 Å². The molecule has 1 aromatic carbocycles. The van der Waals surface area contributed by atoms with E-state index in [9.17, 15) is 14.0 Å². The van der Waals surface area contributed by atoms with Crippen LogP contribution in [0.2, 0.25) is 0 Å². The number of benzene rings is 1. The van der Waals surface area contributed by atoms with Crippen LogP contribution in [0.4, 0.5) is 14.9 Å². The molecule has 2 rings (SSSR count). The van der Waals surface area contributed by atoms with E-state index < -0.39 is 17.9 Å². The lowest BCUT2D eigenvalue weighted by Gasteiger charge is -2.34. The minimum absolute atomic E-state index is 0.0182. The molecule has 1 unspecified atom stereocenters. The zero-order valence-electron chi connectivity index (χ0n) is 10.2. The summed E-state index contributed by atoms with van der Waals surface area (Å²) in [6, 6.07) is 5.24. The van der Waals surface area contributed by atoms with Gasteiger partial charge < -0.3 is 9.84 Å². The number of carbonyl (C=O) groups excluding carboxylic acids is 1. The van der Waals surface area contributed by atoms with Gasteiger partial charge in [0.05, 0.1) is 6.61 Å². The number of nitrogens with zero attached hydrogens (tertiary/aromatic N) is 1. The zero-order valence-corrected chi connectivity index (χ0v) is 10.2. The molecule has 1 amide bonds. The summed E-state index contributed by atoms with van der Waals surface area (Å²) in [7, 11) is 0. The van der Waals surface area contributed by atoms with Crippen LogP contribution in [0.3, 0.4) is 0 Å². The van der Waals surface area contributed by atoms with Gasteiger partial charge in [-0.1, -0.05) is 0 Å². The minimum atomic E-state index is -0.905. The fourth-order valence-electron chi connectivity index (χ4n) is 2.11. The van der Waals surface area contributed by atoms with Gasteiger partial charge in [0, 0.05) is 24.6 Å². The van der Waals surface area contributed by atoms with Gasteiger partial charge >= 0.3 is 12.1 Å². The van der Waals surface area contributed by atoms with Crippen molar-refractivity contribution < 1.29 is 23.8 Å². The number of aliphatic carboxylic acids is 1. The number of carboxylic acids is 1. The normalized spacial score (nSPS) is 19.1. The highest BCUT2D eigenvalue weighted by Crippen LogP contribution is 2.26. The van der Waals surface area contributed by atoms with E-state index in [4.69, 9.17) is 9.84 Å². The average Bonchev–Trinajstić information content (AvgIpc) is 2.38. The molecule has 1 atom stereocenters. The maximum Gasteiger partial charge on any atom is 0.414 e. The monoisotopic (exact) mass is 267 g/mol. The van der Waals surface area contributed by atoms with Crippen LogP contribution in [0.25, 0.3) is 0 Å². The molecule has 0 spiro atoms. The molecule has 1 N–H and O–H groups in total. The van der Waals surface area contributed by atoms with Crippen molar-refractivity contribution >= 4 is 17.7 Å². The standard InChI is InChI=1S/C13H14FNO4/c14-9-1-3-10(4-2-9)15-11(5-6-12(16)17)7-8-19-13(15)18/h1-4,11H,5-8H2,(H,16,17). The minimum Gasteiger partial charge on any atom is -0.481 e. The van der Waals surface area contributed by atoms with Crippen LogP contribution < -0.4 is 4.90 Å². The smallest absolute Gasteiger partial charge is 0.414 e. The first-order valence-corrected chi connectivity index (χ1v) is 6.01. The van der Waals surface area contributed by atoms with Crippen LogP contribution in [0, 0.1) is 5.82 Å². The summed E-state index contributed by atoms with van der Waals surface area (Å²) < 4.78 is 17.8. The molecule has 0 saturated carbocycles. The van der Waals surface area contributed by atoms with E-state index in [0.717, 1.165) is 0 Å². The number of carbonyl (C=O) groups is 2. The summed E-state index contributed by atoms with van der Waals surface area (Å²) in [5, 5.41) is 8.72. The first-order chi connectivity index (χ1) is 9.08. The highest BCUT2D eigenvalue weighted by Gasteiger charge is 2.31. The van der Waals surface area contributed by atoms with Crippen molar-refractivity contribution in [3.05, 3.63) is 30.1 Å². The number of hydrogen-bond acceptors (Lipinski definition) is 3. The molecule has 1 aliphatic rings. The van der Waals surface area contributed by atoms with Crippen LogP contribution in [-0.2, 0) is 9.53 Å². The Kier molecular flexibility index (Phi) is 3.99. The third-order valence-corrected chi connectivity index (χ3v) is 3.03. The van der Waals surface area contributed by atoms with E-state index in [1.807, 2.05) is 0 Å². The van der Waals surface area contributed by atoms with E-state index in [1.54, 1.807) is 0 Å². The van der Waals surface area contributed by atoms with Gasteiger partial charge in [-0.3, -0.25) is 9.69 Å². The molecule has 0 radical (unpaired) electrons. The average molecular weight is 267 g/mol. The molecule has 5 nitrogen and oxygen atoms in total. The van der Waals surface area contributed by atoms with Crippen molar-refractivity contribution in [1.29, 1.82) is 0 Å². The number of ether oxygens (including phenoxy) is 1. The summed E-state index contributed by atoms with van der Waals surface area (Å²) in [5.41, 5.74) is 0.515. The number of cyclic esters (lactones) is 1. The fraction of sp³-hybridized carbons (Fsp3) is 0.385. The Labute approximate surface area is 109 Å². The number of hydrogen-bond donors (Lipinski definition) is 1. The molecule has 1 heterocycles. The van der Waals surface area contributed by atoms with Crippen LogP contribution in [-0.4, -0.2) is 29.8 Å². The summed E-state index contributed by atoms with van der Waals surface area (Å²) in [5.74, 6) is -1.30. The molecule has 19 heavy (non-hydrogen) atoms. The van der Waals surface area contributed by atoms with E-state index in [0.29, 0.717) is 18.5 Å². The van der Waals surface area contributed by atoms with Gasteiger partial charge in [0.15, 0.2) is 0 Å². The molecule has 0 bridgehead atoms. The van der Waals surface area contributed by atoms with E-state index in [2.05, 4.69) is 0 Å². The van der Waals surface area contributed by atoms with Crippen molar-refractivity contribution in [1.82, 2.24) is 0 Å². The van der Waals surface area contributed by atoms with Crippen molar-refractivity contribution in [3.8, 4) is 0 Å². The lowest BCUT2D eigenvalue weighted by Crippen LogP contribution is -2.46. The van der Waals surface area contributed by atoms with Gasteiger partial charge in [-0.05, 0) is 30.7 Å². The Hall–Kier alpha value is -2.11. The third-order valence-electron chi connectivity index (χ3n) is 3.03. The van der Waals surface area contributed by atoms with Gasteiger partial charge in [-0.15, -0.1) is 0 Å². The van der Waals surface area contributed by atoms with Crippen LogP contribution in [0.1, 0.15) is 19.3 Å². The molecule has 0 aromatic heterocycles. The number of amides is 1. The van der Waals surface area contributed by atoms with Gasteiger partial charge in [0.1, 0.15) is 5.82 Å². The van der Waals surface area contributed by atoms with E-state index in [-0.39, 0.29) is 19.1 Å². The van der Waals surface area contributed by atoms with Crippen LogP contribution in [0.5, 0.6) is 0 Å². The Morgan fingerprint density at radius 2 is 2.11 bits per heavy atom. The van der Waals surface area contributed by atoms with Gasteiger partial charge in [-0.25, -0.2) is 9.18 Å². The quantitative estimate of drug-likeness (QED) is 0.909. The second-order valence-electron chi connectivity index (χ2n) is 4.34. The molecule has 6 heteroatoms. The lowest BCUT2D eigenvalue weighted by molar-refractivity contribution is -0.137.